The number of carbonyl (C=O) groups is 1. The fourth-order valence-corrected chi connectivity index (χ4v) is 1.59. The number of amides is 1. The number of benzene rings is 1. The van der Waals surface area contributed by atoms with Gasteiger partial charge in [0, 0.05) is 26.3 Å². The molecular weight excluding hydrogens is 246 g/mol. The van der Waals surface area contributed by atoms with E-state index in [2.05, 4.69) is 0 Å². The van der Waals surface area contributed by atoms with E-state index >= 15 is 0 Å². The van der Waals surface area contributed by atoms with E-state index in [9.17, 15) is 4.79 Å². The van der Waals surface area contributed by atoms with Gasteiger partial charge in [-0.05, 0) is 6.07 Å². The molecule has 1 aromatic carbocycles. The Bertz CT molecular complexity index is 395. The zero-order chi connectivity index (χ0) is 14.1. The summed E-state index contributed by atoms with van der Waals surface area (Å²) in [6.45, 7) is 1.47. The highest BCUT2D eigenvalue weighted by Gasteiger charge is 2.11. The Morgan fingerprint density at radius 1 is 1.21 bits per heavy atom. The monoisotopic (exact) mass is 267 g/mol. The van der Waals surface area contributed by atoms with Crippen LogP contribution < -0.4 is 4.74 Å². The number of likely N-dealkylation sites (N-methyl/N-ethyl adjacent to an activating group) is 1. The normalized spacial score (nSPS) is 10.3. The Kier molecular flexibility index (Phi) is 6.92. The van der Waals surface area contributed by atoms with Gasteiger partial charge in [0.1, 0.15) is 12.4 Å². The van der Waals surface area contributed by atoms with Crippen LogP contribution in [0.25, 0.3) is 0 Å². The maximum atomic E-state index is 11.8. The van der Waals surface area contributed by atoms with E-state index in [4.69, 9.17) is 14.2 Å². The van der Waals surface area contributed by atoms with Crippen LogP contribution in [0.1, 0.15) is 5.56 Å². The molecular formula is C14H21NO4. The van der Waals surface area contributed by atoms with Crippen molar-refractivity contribution in [3.63, 3.8) is 0 Å². The van der Waals surface area contributed by atoms with Crippen molar-refractivity contribution in [2.75, 3.05) is 41.1 Å². The predicted octanol–water partition coefficient (Wildman–Crippen LogP) is 1.32. The Morgan fingerprint density at radius 3 is 2.63 bits per heavy atom. The third-order valence-electron chi connectivity index (χ3n) is 2.68. The van der Waals surface area contributed by atoms with Gasteiger partial charge in [-0.2, -0.15) is 0 Å². The SMILES string of the molecule is COCCOCC(=O)N(C)Cc1ccccc1OC. The van der Waals surface area contributed by atoms with Crippen molar-refractivity contribution in [3.05, 3.63) is 29.8 Å². The molecule has 5 nitrogen and oxygen atoms in total. The first-order chi connectivity index (χ1) is 9.19. The van der Waals surface area contributed by atoms with Crippen LogP contribution in [0, 0.1) is 0 Å². The summed E-state index contributed by atoms with van der Waals surface area (Å²) in [5, 5.41) is 0. The van der Waals surface area contributed by atoms with Gasteiger partial charge in [-0.15, -0.1) is 0 Å². The van der Waals surface area contributed by atoms with Crippen LogP contribution in [0.4, 0.5) is 0 Å². The number of rotatable bonds is 8. The van der Waals surface area contributed by atoms with Gasteiger partial charge < -0.3 is 19.1 Å². The van der Waals surface area contributed by atoms with Crippen LogP contribution in [0.15, 0.2) is 24.3 Å². The summed E-state index contributed by atoms with van der Waals surface area (Å²) in [5.41, 5.74) is 0.970. The Balaban J connectivity index is 2.45. The second kappa shape index (κ2) is 8.50. The van der Waals surface area contributed by atoms with Gasteiger partial charge in [0.05, 0.1) is 20.3 Å². The summed E-state index contributed by atoms with van der Waals surface area (Å²) in [6.07, 6.45) is 0. The van der Waals surface area contributed by atoms with E-state index in [1.54, 1.807) is 26.2 Å². The van der Waals surface area contributed by atoms with E-state index < -0.39 is 0 Å². The first-order valence-corrected chi connectivity index (χ1v) is 6.11. The van der Waals surface area contributed by atoms with Gasteiger partial charge in [0.25, 0.3) is 0 Å². The van der Waals surface area contributed by atoms with Crippen molar-refractivity contribution in [2.45, 2.75) is 6.54 Å². The molecule has 1 aromatic rings. The first kappa shape index (κ1) is 15.5. The minimum absolute atomic E-state index is 0.0645. The molecule has 1 rings (SSSR count). The maximum Gasteiger partial charge on any atom is 0.248 e. The molecule has 0 bridgehead atoms. The fraction of sp³-hybridized carbons (Fsp3) is 0.500. The molecule has 0 radical (unpaired) electrons. The summed E-state index contributed by atoms with van der Waals surface area (Å²) in [4.78, 5) is 13.4. The second-order valence-electron chi connectivity index (χ2n) is 4.11. The molecule has 0 aromatic heterocycles. The standard InChI is InChI=1S/C14H21NO4/c1-15(14(16)11-19-9-8-17-2)10-12-6-4-5-7-13(12)18-3/h4-7H,8-11H2,1-3H3. The lowest BCUT2D eigenvalue weighted by Crippen LogP contribution is -2.30. The first-order valence-electron chi connectivity index (χ1n) is 6.11. The van der Waals surface area contributed by atoms with Crippen LogP contribution in [0.2, 0.25) is 0 Å². The highest BCUT2D eigenvalue weighted by Crippen LogP contribution is 2.18. The van der Waals surface area contributed by atoms with Crippen molar-refractivity contribution in [1.29, 1.82) is 0 Å². The third kappa shape index (κ3) is 5.28. The van der Waals surface area contributed by atoms with Gasteiger partial charge in [0.2, 0.25) is 5.91 Å². The third-order valence-corrected chi connectivity index (χ3v) is 2.68. The highest BCUT2D eigenvalue weighted by molar-refractivity contribution is 5.77. The molecule has 0 aliphatic carbocycles. The van der Waals surface area contributed by atoms with Crippen molar-refractivity contribution >= 4 is 5.91 Å². The molecule has 0 saturated carbocycles. The van der Waals surface area contributed by atoms with Gasteiger partial charge in [0.15, 0.2) is 0 Å². The molecule has 0 atom stereocenters. The summed E-state index contributed by atoms with van der Waals surface area (Å²) < 4.78 is 15.3. The van der Waals surface area contributed by atoms with Crippen LogP contribution in [-0.4, -0.2) is 51.9 Å². The minimum atomic E-state index is -0.0676. The lowest BCUT2D eigenvalue weighted by Gasteiger charge is -2.18. The molecule has 0 unspecified atom stereocenters. The van der Waals surface area contributed by atoms with E-state index in [-0.39, 0.29) is 12.5 Å². The lowest BCUT2D eigenvalue weighted by atomic mass is 10.2. The Hall–Kier alpha value is -1.59. The summed E-state index contributed by atoms with van der Waals surface area (Å²) in [7, 11) is 4.96. The quantitative estimate of drug-likeness (QED) is 0.666. The largest absolute Gasteiger partial charge is 0.496 e. The fourth-order valence-electron chi connectivity index (χ4n) is 1.59. The number of carbonyl (C=O) groups excluding carboxylic acids is 1. The zero-order valence-corrected chi connectivity index (χ0v) is 11.7. The zero-order valence-electron chi connectivity index (χ0n) is 11.7. The van der Waals surface area contributed by atoms with Gasteiger partial charge in [-0.3, -0.25) is 4.79 Å². The lowest BCUT2D eigenvalue weighted by molar-refractivity contribution is -0.135. The molecule has 19 heavy (non-hydrogen) atoms. The molecule has 0 heterocycles. The van der Waals surface area contributed by atoms with E-state index in [1.807, 2.05) is 24.3 Å². The van der Waals surface area contributed by atoms with Crippen molar-refractivity contribution in [2.24, 2.45) is 0 Å². The van der Waals surface area contributed by atoms with Gasteiger partial charge >= 0.3 is 0 Å². The number of hydrogen-bond donors (Lipinski definition) is 0. The van der Waals surface area contributed by atoms with E-state index in [0.717, 1.165) is 11.3 Å². The summed E-state index contributed by atoms with van der Waals surface area (Å²) in [5.74, 6) is 0.712. The molecule has 106 valence electrons. The van der Waals surface area contributed by atoms with Crippen molar-refractivity contribution in [3.8, 4) is 5.75 Å². The highest BCUT2D eigenvalue weighted by atomic mass is 16.5. The van der Waals surface area contributed by atoms with E-state index in [0.29, 0.717) is 19.8 Å². The molecule has 0 saturated heterocycles. The van der Waals surface area contributed by atoms with Gasteiger partial charge in [-0.1, -0.05) is 18.2 Å². The van der Waals surface area contributed by atoms with Crippen molar-refractivity contribution in [1.82, 2.24) is 4.90 Å². The molecule has 5 heteroatoms. The second-order valence-corrected chi connectivity index (χ2v) is 4.11. The molecule has 0 fully saturated rings. The molecule has 0 N–H and O–H groups in total. The van der Waals surface area contributed by atoms with Crippen molar-refractivity contribution < 1.29 is 19.0 Å². The average Bonchev–Trinajstić information content (AvgIpc) is 2.44. The predicted molar refractivity (Wildman–Crippen MR) is 72.2 cm³/mol. The maximum absolute atomic E-state index is 11.8. The summed E-state index contributed by atoms with van der Waals surface area (Å²) in [6, 6.07) is 7.64. The minimum Gasteiger partial charge on any atom is -0.496 e. The molecule has 0 aliphatic heterocycles. The number of ether oxygens (including phenoxy) is 3. The molecule has 0 aliphatic rings. The van der Waals surface area contributed by atoms with E-state index in [1.165, 1.54) is 0 Å². The van der Waals surface area contributed by atoms with Crippen LogP contribution in [-0.2, 0) is 20.8 Å². The Morgan fingerprint density at radius 2 is 1.95 bits per heavy atom. The van der Waals surface area contributed by atoms with Gasteiger partial charge in [-0.25, -0.2) is 0 Å². The van der Waals surface area contributed by atoms with Crippen LogP contribution in [0.5, 0.6) is 5.75 Å². The molecule has 1 amide bonds. The smallest absolute Gasteiger partial charge is 0.248 e. The average molecular weight is 267 g/mol. The topological polar surface area (TPSA) is 48.0 Å². The number of methoxy groups -OCH3 is 2. The van der Waals surface area contributed by atoms with Crippen LogP contribution in [0.3, 0.4) is 0 Å². The Labute approximate surface area is 114 Å². The van der Waals surface area contributed by atoms with Crippen LogP contribution >= 0.6 is 0 Å². The summed E-state index contributed by atoms with van der Waals surface area (Å²) >= 11 is 0. The number of nitrogens with zero attached hydrogens (tertiary/aromatic N) is 1. The molecule has 0 spiro atoms. The number of para-hydroxylation sites is 1. The number of hydrogen-bond acceptors (Lipinski definition) is 4.